The van der Waals surface area contributed by atoms with Crippen molar-refractivity contribution in [3.63, 3.8) is 0 Å². The summed E-state index contributed by atoms with van der Waals surface area (Å²) in [5.41, 5.74) is -0.804. The van der Waals surface area contributed by atoms with E-state index in [4.69, 9.17) is 5.26 Å². The topological polar surface area (TPSA) is 59.3 Å². The summed E-state index contributed by atoms with van der Waals surface area (Å²) in [6.45, 7) is -1.77. The molecule has 0 N–H and O–H groups in total. The van der Waals surface area contributed by atoms with E-state index in [1.165, 1.54) is 6.92 Å². The average molecular weight is 259 g/mol. The van der Waals surface area contributed by atoms with Gasteiger partial charge in [-0.15, -0.1) is 0 Å². The van der Waals surface area contributed by atoms with Crippen LogP contribution in [0.25, 0.3) is 0 Å². The first-order valence-corrected chi connectivity index (χ1v) is 4.85. The number of rotatable bonds is 4. The molecule has 18 heavy (non-hydrogen) atoms. The number of carbonyl (C=O) groups excluding carboxylic acids is 1. The van der Waals surface area contributed by atoms with Gasteiger partial charge in [-0.25, -0.2) is 9.18 Å². The molecule has 1 aromatic carbocycles. The molecule has 0 saturated carbocycles. The minimum absolute atomic E-state index is 0.0138. The van der Waals surface area contributed by atoms with Gasteiger partial charge in [-0.05, 0) is 13.0 Å². The summed E-state index contributed by atoms with van der Waals surface area (Å²) in [5, 5.41) is 8.66. The van der Waals surface area contributed by atoms with Crippen LogP contribution in [0.15, 0.2) is 12.1 Å². The highest BCUT2D eigenvalue weighted by atomic mass is 19.3. The van der Waals surface area contributed by atoms with E-state index in [0.29, 0.717) is 0 Å². The minimum Gasteiger partial charge on any atom is -0.462 e. The molecular weight excluding hydrogens is 251 g/mol. The number of esters is 1. The Bertz CT molecular complexity index is 497. The van der Waals surface area contributed by atoms with Crippen LogP contribution in [0.3, 0.4) is 0 Å². The normalized spacial score (nSPS) is 10.0. The first-order valence-electron chi connectivity index (χ1n) is 4.85. The van der Waals surface area contributed by atoms with Crippen LogP contribution in [0.1, 0.15) is 22.8 Å². The van der Waals surface area contributed by atoms with Crippen molar-refractivity contribution < 1.29 is 27.4 Å². The lowest BCUT2D eigenvalue weighted by atomic mass is 10.1. The third-order valence-electron chi connectivity index (χ3n) is 1.88. The van der Waals surface area contributed by atoms with Crippen molar-refractivity contribution in [2.45, 2.75) is 13.5 Å². The second-order valence-corrected chi connectivity index (χ2v) is 3.05. The van der Waals surface area contributed by atoms with E-state index in [2.05, 4.69) is 9.47 Å². The Morgan fingerprint density at radius 1 is 1.50 bits per heavy atom. The monoisotopic (exact) mass is 259 g/mol. The molecule has 0 radical (unpaired) electrons. The molecule has 7 heteroatoms. The van der Waals surface area contributed by atoms with Gasteiger partial charge in [0.25, 0.3) is 0 Å². The van der Waals surface area contributed by atoms with Crippen LogP contribution in [0.4, 0.5) is 13.2 Å². The molecule has 0 aliphatic heterocycles. The maximum absolute atomic E-state index is 13.7. The fraction of sp³-hybridized carbons (Fsp3) is 0.273. The Morgan fingerprint density at radius 3 is 2.67 bits per heavy atom. The van der Waals surface area contributed by atoms with Gasteiger partial charge in [0.2, 0.25) is 0 Å². The van der Waals surface area contributed by atoms with Gasteiger partial charge in [0, 0.05) is 6.07 Å². The molecule has 0 atom stereocenters. The van der Waals surface area contributed by atoms with E-state index in [-0.39, 0.29) is 12.2 Å². The number of alkyl halides is 2. The Balaban J connectivity index is 3.25. The summed E-state index contributed by atoms with van der Waals surface area (Å²) in [4.78, 5) is 11.4. The van der Waals surface area contributed by atoms with Crippen molar-refractivity contribution in [3.8, 4) is 11.8 Å². The SMILES string of the molecule is CCOC(=O)c1cc(C#N)cc(OC(F)F)c1F. The standard InChI is InChI=1S/C11H8F3NO3/c1-2-17-10(16)7-3-6(5-15)4-8(9(7)12)18-11(13)14/h3-4,11H,2H2,1H3. The second-order valence-electron chi connectivity index (χ2n) is 3.05. The van der Waals surface area contributed by atoms with Gasteiger partial charge in [-0.1, -0.05) is 0 Å². The summed E-state index contributed by atoms with van der Waals surface area (Å²) in [7, 11) is 0. The molecule has 0 saturated heterocycles. The van der Waals surface area contributed by atoms with E-state index in [1.807, 2.05) is 0 Å². The van der Waals surface area contributed by atoms with Gasteiger partial charge < -0.3 is 9.47 Å². The van der Waals surface area contributed by atoms with Crippen LogP contribution in [0, 0.1) is 17.1 Å². The van der Waals surface area contributed by atoms with Crippen molar-refractivity contribution in [1.82, 2.24) is 0 Å². The van der Waals surface area contributed by atoms with Gasteiger partial charge in [0.15, 0.2) is 11.6 Å². The van der Waals surface area contributed by atoms with E-state index in [1.54, 1.807) is 6.07 Å². The van der Waals surface area contributed by atoms with Crippen molar-refractivity contribution in [2.24, 2.45) is 0 Å². The number of hydrogen-bond donors (Lipinski definition) is 0. The third kappa shape index (κ3) is 3.13. The second kappa shape index (κ2) is 5.91. The lowest BCUT2D eigenvalue weighted by molar-refractivity contribution is -0.0523. The highest BCUT2D eigenvalue weighted by molar-refractivity contribution is 5.90. The van der Waals surface area contributed by atoms with Crippen LogP contribution >= 0.6 is 0 Å². The highest BCUT2D eigenvalue weighted by Gasteiger charge is 2.21. The first kappa shape index (κ1) is 13.8. The van der Waals surface area contributed by atoms with E-state index < -0.39 is 29.7 Å². The van der Waals surface area contributed by atoms with Crippen molar-refractivity contribution in [2.75, 3.05) is 6.61 Å². The van der Waals surface area contributed by atoms with Gasteiger partial charge in [-0.2, -0.15) is 14.0 Å². The summed E-state index contributed by atoms with van der Waals surface area (Å²) < 4.78 is 46.1. The highest BCUT2D eigenvalue weighted by Crippen LogP contribution is 2.25. The number of nitriles is 1. The number of ether oxygens (including phenoxy) is 2. The molecule has 0 spiro atoms. The molecule has 0 unspecified atom stereocenters. The largest absolute Gasteiger partial charge is 0.462 e. The van der Waals surface area contributed by atoms with E-state index in [0.717, 1.165) is 12.1 Å². The Morgan fingerprint density at radius 2 is 2.17 bits per heavy atom. The third-order valence-corrected chi connectivity index (χ3v) is 1.88. The molecule has 0 amide bonds. The van der Waals surface area contributed by atoms with Crippen LogP contribution in [-0.2, 0) is 4.74 Å². The zero-order valence-electron chi connectivity index (χ0n) is 9.25. The maximum Gasteiger partial charge on any atom is 0.387 e. The van der Waals surface area contributed by atoms with Crippen LogP contribution in [-0.4, -0.2) is 19.2 Å². The molecule has 0 aromatic heterocycles. The summed E-state index contributed by atoms with van der Waals surface area (Å²) in [6.07, 6.45) is 0. The molecule has 1 rings (SSSR count). The fourth-order valence-electron chi connectivity index (χ4n) is 1.20. The predicted molar refractivity (Wildman–Crippen MR) is 53.7 cm³/mol. The van der Waals surface area contributed by atoms with Gasteiger partial charge in [-0.3, -0.25) is 0 Å². The Hall–Kier alpha value is -2.23. The smallest absolute Gasteiger partial charge is 0.387 e. The maximum atomic E-state index is 13.7. The molecule has 4 nitrogen and oxygen atoms in total. The van der Waals surface area contributed by atoms with Crippen molar-refractivity contribution in [1.29, 1.82) is 5.26 Å². The summed E-state index contributed by atoms with van der Waals surface area (Å²) in [6, 6.07) is 3.30. The lowest BCUT2D eigenvalue weighted by Crippen LogP contribution is -2.11. The molecular formula is C11H8F3NO3. The average Bonchev–Trinajstić information content (AvgIpc) is 2.31. The number of nitrogens with zero attached hydrogens (tertiary/aromatic N) is 1. The Kier molecular flexibility index (Phi) is 4.54. The predicted octanol–water partition coefficient (Wildman–Crippen LogP) is 2.48. The first-order chi connectivity index (χ1) is 8.49. The number of carbonyl (C=O) groups is 1. The minimum atomic E-state index is -3.26. The van der Waals surface area contributed by atoms with Crippen LogP contribution < -0.4 is 4.74 Å². The van der Waals surface area contributed by atoms with E-state index in [9.17, 15) is 18.0 Å². The summed E-state index contributed by atoms with van der Waals surface area (Å²) >= 11 is 0. The van der Waals surface area contributed by atoms with Crippen LogP contribution in [0.2, 0.25) is 0 Å². The molecule has 0 aliphatic rings. The zero-order chi connectivity index (χ0) is 13.7. The lowest BCUT2D eigenvalue weighted by Gasteiger charge is -2.09. The zero-order valence-corrected chi connectivity index (χ0v) is 9.25. The van der Waals surface area contributed by atoms with Crippen molar-refractivity contribution in [3.05, 3.63) is 29.1 Å². The quantitative estimate of drug-likeness (QED) is 0.779. The Labute approximate surface area is 101 Å². The molecule has 96 valence electrons. The van der Waals surface area contributed by atoms with Gasteiger partial charge in [0.05, 0.1) is 18.2 Å². The molecule has 0 aliphatic carbocycles. The van der Waals surface area contributed by atoms with Gasteiger partial charge in [0.1, 0.15) is 5.56 Å². The fourth-order valence-corrected chi connectivity index (χ4v) is 1.20. The molecule has 0 heterocycles. The molecule has 0 fully saturated rings. The number of benzene rings is 1. The molecule has 1 aromatic rings. The molecule has 0 bridgehead atoms. The van der Waals surface area contributed by atoms with Crippen LogP contribution in [0.5, 0.6) is 5.75 Å². The summed E-state index contributed by atoms with van der Waals surface area (Å²) in [5.74, 6) is -3.20. The van der Waals surface area contributed by atoms with E-state index >= 15 is 0 Å². The number of hydrogen-bond acceptors (Lipinski definition) is 4. The number of halogens is 3. The van der Waals surface area contributed by atoms with Crippen molar-refractivity contribution >= 4 is 5.97 Å². The van der Waals surface area contributed by atoms with Gasteiger partial charge >= 0.3 is 12.6 Å².